The molecule has 1 atom stereocenters. The summed E-state index contributed by atoms with van der Waals surface area (Å²) < 4.78 is 5.53. The van der Waals surface area contributed by atoms with E-state index in [9.17, 15) is 9.59 Å². The summed E-state index contributed by atoms with van der Waals surface area (Å²) in [5.74, 6) is 0.320. The molecule has 0 heterocycles. The minimum atomic E-state index is -0.512. The van der Waals surface area contributed by atoms with E-state index in [1.54, 1.807) is 4.90 Å². The van der Waals surface area contributed by atoms with Crippen LogP contribution in [0.1, 0.15) is 65.7 Å². The second kappa shape index (κ2) is 6.15. The van der Waals surface area contributed by atoms with Gasteiger partial charge in [-0.25, -0.2) is 4.79 Å². The first-order valence-corrected chi connectivity index (χ1v) is 7.89. The number of carbonyl (C=O) groups excluding carboxylic acids is 2. The fourth-order valence-corrected chi connectivity index (χ4v) is 3.20. The predicted octanol–water partition coefficient (Wildman–Crippen LogP) is 3.53. The minimum Gasteiger partial charge on any atom is -0.444 e. The van der Waals surface area contributed by atoms with Crippen LogP contribution in [0.5, 0.6) is 0 Å². The van der Waals surface area contributed by atoms with Crippen molar-refractivity contribution < 1.29 is 14.3 Å². The first kappa shape index (κ1) is 15.3. The molecule has 4 heteroatoms. The molecule has 2 fully saturated rings. The summed E-state index contributed by atoms with van der Waals surface area (Å²) in [6.07, 6.45) is 8.23. The average molecular weight is 281 g/mol. The van der Waals surface area contributed by atoms with Crippen LogP contribution < -0.4 is 0 Å². The number of hydrogen-bond acceptors (Lipinski definition) is 3. The maximum atomic E-state index is 12.5. The first-order chi connectivity index (χ1) is 9.42. The van der Waals surface area contributed by atoms with E-state index in [1.165, 1.54) is 12.8 Å². The Kier molecular flexibility index (Phi) is 4.71. The van der Waals surface area contributed by atoms with Gasteiger partial charge in [-0.2, -0.15) is 0 Å². The standard InChI is InChI=1S/C16H27NO3/c1-16(2,3)20-15(19)17(13-9-6-10-13)14(11-18)12-7-4-5-8-12/h11-14H,4-10H2,1-3H3. The van der Waals surface area contributed by atoms with Crippen LogP contribution in [-0.2, 0) is 9.53 Å². The van der Waals surface area contributed by atoms with Crippen molar-refractivity contribution in [1.29, 1.82) is 0 Å². The Labute approximate surface area is 121 Å². The summed E-state index contributed by atoms with van der Waals surface area (Å²) in [6.45, 7) is 5.61. The number of ether oxygens (including phenoxy) is 1. The zero-order chi connectivity index (χ0) is 14.8. The molecule has 0 aromatic heterocycles. The van der Waals surface area contributed by atoms with Gasteiger partial charge in [0.25, 0.3) is 0 Å². The zero-order valence-corrected chi connectivity index (χ0v) is 12.9. The third-order valence-corrected chi connectivity index (χ3v) is 4.42. The summed E-state index contributed by atoms with van der Waals surface area (Å²) in [5, 5.41) is 0. The summed E-state index contributed by atoms with van der Waals surface area (Å²) in [6, 6.07) is -0.0988. The van der Waals surface area contributed by atoms with Gasteiger partial charge < -0.3 is 9.53 Å². The second-order valence-corrected chi connectivity index (χ2v) is 7.14. The highest BCUT2D eigenvalue weighted by molar-refractivity contribution is 5.74. The number of aldehydes is 1. The Hall–Kier alpha value is -1.06. The number of hydrogen-bond donors (Lipinski definition) is 0. The zero-order valence-electron chi connectivity index (χ0n) is 12.9. The molecule has 0 bridgehead atoms. The van der Waals surface area contributed by atoms with Crippen molar-refractivity contribution in [2.45, 2.75) is 83.4 Å². The van der Waals surface area contributed by atoms with Gasteiger partial charge >= 0.3 is 6.09 Å². The number of nitrogens with zero attached hydrogens (tertiary/aromatic N) is 1. The van der Waals surface area contributed by atoms with E-state index in [0.717, 1.165) is 38.4 Å². The highest BCUT2D eigenvalue weighted by Gasteiger charge is 2.40. The maximum Gasteiger partial charge on any atom is 0.411 e. The molecule has 0 radical (unpaired) electrons. The van der Waals surface area contributed by atoms with Gasteiger partial charge in [-0.05, 0) is 58.8 Å². The molecule has 0 saturated heterocycles. The topological polar surface area (TPSA) is 46.6 Å². The number of rotatable bonds is 4. The molecule has 2 rings (SSSR count). The smallest absolute Gasteiger partial charge is 0.411 e. The van der Waals surface area contributed by atoms with Crippen LogP contribution in [0, 0.1) is 5.92 Å². The molecule has 20 heavy (non-hydrogen) atoms. The van der Waals surface area contributed by atoms with Crippen molar-refractivity contribution in [1.82, 2.24) is 4.90 Å². The van der Waals surface area contributed by atoms with Crippen LogP contribution in [-0.4, -0.2) is 35.0 Å². The molecule has 0 N–H and O–H groups in total. The lowest BCUT2D eigenvalue weighted by Crippen LogP contribution is -2.54. The molecule has 2 aliphatic rings. The van der Waals surface area contributed by atoms with Crippen molar-refractivity contribution >= 4 is 12.4 Å². The molecule has 1 unspecified atom stereocenters. The molecule has 4 nitrogen and oxygen atoms in total. The SMILES string of the molecule is CC(C)(C)OC(=O)N(C1CCC1)C(C=O)C1CCCC1. The van der Waals surface area contributed by atoms with Crippen molar-refractivity contribution in [3.63, 3.8) is 0 Å². The summed E-state index contributed by atoms with van der Waals surface area (Å²) in [7, 11) is 0. The van der Waals surface area contributed by atoms with E-state index in [2.05, 4.69) is 0 Å². The monoisotopic (exact) mass is 281 g/mol. The van der Waals surface area contributed by atoms with Gasteiger partial charge in [0.05, 0.1) is 6.04 Å². The van der Waals surface area contributed by atoms with Crippen molar-refractivity contribution in [3.8, 4) is 0 Å². The van der Waals surface area contributed by atoms with Crippen LogP contribution in [0.15, 0.2) is 0 Å². The normalized spacial score (nSPS) is 22.1. The summed E-state index contributed by atoms with van der Waals surface area (Å²) in [5.41, 5.74) is -0.512. The Morgan fingerprint density at radius 2 is 1.75 bits per heavy atom. The van der Waals surface area contributed by atoms with Crippen molar-refractivity contribution in [2.75, 3.05) is 0 Å². The lowest BCUT2D eigenvalue weighted by molar-refractivity contribution is -0.116. The van der Waals surface area contributed by atoms with E-state index in [4.69, 9.17) is 4.74 Å². The molecule has 2 aliphatic carbocycles. The lowest BCUT2D eigenvalue weighted by atomic mass is 9.88. The third kappa shape index (κ3) is 3.53. The lowest BCUT2D eigenvalue weighted by Gasteiger charge is -2.42. The van der Waals surface area contributed by atoms with Crippen LogP contribution in [0.3, 0.4) is 0 Å². The first-order valence-electron chi connectivity index (χ1n) is 7.89. The van der Waals surface area contributed by atoms with Gasteiger partial charge in [0.1, 0.15) is 11.9 Å². The minimum absolute atomic E-state index is 0.195. The Bertz CT molecular complexity index is 351. The Balaban J connectivity index is 2.12. The predicted molar refractivity (Wildman–Crippen MR) is 77.5 cm³/mol. The fraction of sp³-hybridized carbons (Fsp3) is 0.875. The Morgan fingerprint density at radius 3 is 2.15 bits per heavy atom. The van der Waals surface area contributed by atoms with Gasteiger partial charge in [0.2, 0.25) is 0 Å². The van der Waals surface area contributed by atoms with E-state index < -0.39 is 5.60 Å². The average Bonchev–Trinajstić information content (AvgIpc) is 2.77. The van der Waals surface area contributed by atoms with Gasteiger partial charge in [-0.3, -0.25) is 4.90 Å². The largest absolute Gasteiger partial charge is 0.444 e. The molecule has 1 amide bonds. The van der Waals surface area contributed by atoms with Crippen LogP contribution in [0.2, 0.25) is 0 Å². The van der Waals surface area contributed by atoms with Crippen LogP contribution in [0.25, 0.3) is 0 Å². The third-order valence-electron chi connectivity index (χ3n) is 4.42. The van der Waals surface area contributed by atoms with Crippen LogP contribution >= 0.6 is 0 Å². The van der Waals surface area contributed by atoms with E-state index in [-0.39, 0.29) is 18.2 Å². The summed E-state index contributed by atoms with van der Waals surface area (Å²) >= 11 is 0. The Morgan fingerprint density at radius 1 is 1.15 bits per heavy atom. The van der Waals surface area contributed by atoms with Gasteiger partial charge in [-0.1, -0.05) is 12.8 Å². The molecule has 0 spiro atoms. The van der Waals surface area contributed by atoms with Gasteiger partial charge in [0.15, 0.2) is 0 Å². The van der Waals surface area contributed by atoms with Crippen molar-refractivity contribution in [2.24, 2.45) is 5.92 Å². The number of amides is 1. The molecule has 2 saturated carbocycles. The van der Waals surface area contributed by atoms with E-state index >= 15 is 0 Å². The molecule has 0 aliphatic heterocycles. The van der Waals surface area contributed by atoms with E-state index in [1.807, 2.05) is 20.8 Å². The van der Waals surface area contributed by atoms with Gasteiger partial charge in [0, 0.05) is 6.04 Å². The van der Waals surface area contributed by atoms with Gasteiger partial charge in [-0.15, -0.1) is 0 Å². The second-order valence-electron chi connectivity index (χ2n) is 7.14. The molecule has 114 valence electrons. The van der Waals surface area contributed by atoms with E-state index in [0.29, 0.717) is 5.92 Å². The molecule has 0 aromatic carbocycles. The molecular formula is C16H27NO3. The fourth-order valence-electron chi connectivity index (χ4n) is 3.20. The summed E-state index contributed by atoms with van der Waals surface area (Å²) in [4.78, 5) is 25.8. The maximum absolute atomic E-state index is 12.5. The van der Waals surface area contributed by atoms with Crippen LogP contribution in [0.4, 0.5) is 4.79 Å². The van der Waals surface area contributed by atoms with Crippen molar-refractivity contribution in [3.05, 3.63) is 0 Å². The quantitative estimate of drug-likeness (QED) is 0.740. The highest BCUT2D eigenvalue weighted by atomic mass is 16.6. The molecule has 0 aromatic rings. The molecular weight excluding hydrogens is 254 g/mol. The number of carbonyl (C=O) groups is 2. The highest BCUT2D eigenvalue weighted by Crippen LogP contribution is 2.35.